The Balaban J connectivity index is 1.76. The minimum absolute atomic E-state index is 0.172. The first-order chi connectivity index (χ1) is 7.77. The number of carbonyl (C=O) groups is 1. The number of carbonyl (C=O) groups excluding carboxylic acids is 1. The summed E-state index contributed by atoms with van der Waals surface area (Å²) in [5, 5.41) is 2.84. The summed E-state index contributed by atoms with van der Waals surface area (Å²) >= 11 is 0. The van der Waals surface area contributed by atoms with Crippen molar-refractivity contribution >= 4 is 11.6 Å². The molecule has 0 atom stereocenters. The molecule has 0 bridgehead atoms. The SMILES string of the molecule is Nc1cccnc1C(=O)NCCCC1CC1. The molecule has 1 aromatic rings. The first kappa shape index (κ1) is 10.9. The maximum Gasteiger partial charge on any atom is 0.272 e. The van der Waals surface area contributed by atoms with E-state index in [0.29, 0.717) is 17.9 Å². The van der Waals surface area contributed by atoms with E-state index in [9.17, 15) is 4.79 Å². The van der Waals surface area contributed by atoms with Crippen molar-refractivity contribution in [3.8, 4) is 0 Å². The maximum atomic E-state index is 11.7. The van der Waals surface area contributed by atoms with E-state index in [4.69, 9.17) is 5.73 Å². The van der Waals surface area contributed by atoms with Crippen molar-refractivity contribution in [1.82, 2.24) is 10.3 Å². The van der Waals surface area contributed by atoms with Crippen molar-refractivity contribution in [3.05, 3.63) is 24.0 Å². The van der Waals surface area contributed by atoms with Crippen molar-refractivity contribution in [2.24, 2.45) is 5.92 Å². The van der Waals surface area contributed by atoms with E-state index in [1.807, 2.05) is 0 Å². The molecular weight excluding hydrogens is 202 g/mol. The molecule has 4 heteroatoms. The third-order valence-corrected chi connectivity index (χ3v) is 2.83. The van der Waals surface area contributed by atoms with Crippen molar-refractivity contribution in [2.75, 3.05) is 12.3 Å². The predicted octanol–water partition coefficient (Wildman–Crippen LogP) is 1.58. The first-order valence-electron chi connectivity index (χ1n) is 5.76. The Labute approximate surface area is 95.3 Å². The number of hydrogen-bond donors (Lipinski definition) is 2. The Hall–Kier alpha value is -1.58. The predicted molar refractivity (Wildman–Crippen MR) is 62.9 cm³/mol. The Morgan fingerprint density at radius 1 is 1.56 bits per heavy atom. The van der Waals surface area contributed by atoms with E-state index in [2.05, 4.69) is 10.3 Å². The first-order valence-corrected chi connectivity index (χ1v) is 5.76. The van der Waals surface area contributed by atoms with Gasteiger partial charge in [0.2, 0.25) is 0 Å². The van der Waals surface area contributed by atoms with Gasteiger partial charge in [0.1, 0.15) is 0 Å². The van der Waals surface area contributed by atoms with E-state index in [1.165, 1.54) is 19.3 Å². The van der Waals surface area contributed by atoms with Crippen LogP contribution in [-0.4, -0.2) is 17.4 Å². The number of nitrogen functional groups attached to an aromatic ring is 1. The smallest absolute Gasteiger partial charge is 0.272 e. The van der Waals surface area contributed by atoms with Gasteiger partial charge in [-0.1, -0.05) is 12.8 Å². The lowest BCUT2D eigenvalue weighted by Crippen LogP contribution is -2.26. The van der Waals surface area contributed by atoms with Crippen LogP contribution in [0, 0.1) is 5.92 Å². The molecule has 1 saturated carbocycles. The lowest BCUT2D eigenvalue weighted by atomic mass is 10.2. The van der Waals surface area contributed by atoms with Crippen LogP contribution in [0.15, 0.2) is 18.3 Å². The zero-order valence-electron chi connectivity index (χ0n) is 9.28. The van der Waals surface area contributed by atoms with E-state index in [-0.39, 0.29) is 5.91 Å². The van der Waals surface area contributed by atoms with Gasteiger partial charge in [0.15, 0.2) is 5.69 Å². The van der Waals surface area contributed by atoms with Gasteiger partial charge in [0.05, 0.1) is 5.69 Å². The summed E-state index contributed by atoms with van der Waals surface area (Å²) in [4.78, 5) is 15.6. The fourth-order valence-corrected chi connectivity index (χ4v) is 1.69. The summed E-state index contributed by atoms with van der Waals surface area (Å²) in [5.41, 5.74) is 6.42. The van der Waals surface area contributed by atoms with Crippen LogP contribution in [0.3, 0.4) is 0 Å². The highest BCUT2D eigenvalue weighted by Gasteiger charge is 2.20. The summed E-state index contributed by atoms with van der Waals surface area (Å²) in [6.45, 7) is 0.714. The number of aromatic nitrogens is 1. The van der Waals surface area contributed by atoms with Crippen LogP contribution in [0.5, 0.6) is 0 Å². The average Bonchev–Trinajstić information content (AvgIpc) is 3.08. The van der Waals surface area contributed by atoms with Gasteiger partial charge >= 0.3 is 0 Å². The second kappa shape index (κ2) is 4.96. The largest absolute Gasteiger partial charge is 0.397 e. The normalized spacial score (nSPS) is 14.8. The molecule has 0 radical (unpaired) electrons. The van der Waals surface area contributed by atoms with Crippen molar-refractivity contribution in [1.29, 1.82) is 0 Å². The van der Waals surface area contributed by atoms with E-state index < -0.39 is 0 Å². The molecule has 1 aromatic heterocycles. The van der Waals surface area contributed by atoms with Gasteiger partial charge in [-0.25, -0.2) is 4.98 Å². The Morgan fingerprint density at radius 3 is 3.06 bits per heavy atom. The number of nitrogens with two attached hydrogens (primary N) is 1. The number of hydrogen-bond acceptors (Lipinski definition) is 3. The number of amides is 1. The number of pyridine rings is 1. The fourth-order valence-electron chi connectivity index (χ4n) is 1.69. The summed E-state index contributed by atoms with van der Waals surface area (Å²) in [7, 11) is 0. The van der Waals surface area contributed by atoms with Gasteiger partial charge < -0.3 is 11.1 Å². The third kappa shape index (κ3) is 2.95. The van der Waals surface area contributed by atoms with Gasteiger partial charge in [0, 0.05) is 12.7 Å². The fraction of sp³-hybridized carbons (Fsp3) is 0.500. The van der Waals surface area contributed by atoms with Crippen LogP contribution >= 0.6 is 0 Å². The molecule has 1 heterocycles. The van der Waals surface area contributed by atoms with Crippen LogP contribution in [-0.2, 0) is 0 Å². The van der Waals surface area contributed by atoms with Crippen LogP contribution in [0.25, 0.3) is 0 Å². The van der Waals surface area contributed by atoms with Crippen LogP contribution in [0.2, 0.25) is 0 Å². The standard InChI is InChI=1S/C12H17N3O/c13-10-4-2-7-14-11(10)12(16)15-8-1-3-9-5-6-9/h2,4,7,9H,1,3,5-6,8,13H2,(H,15,16). The molecule has 0 unspecified atom stereocenters. The summed E-state index contributed by atoms with van der Waals surface area (Å²) in [6, 6.07) is 3.41. The molecule has 4 nitrogen and oxygen atoms in total. The Kier molecular flexibility index (Phi) is 3.39. The highest BCUT2D eigenvalue weighted by molar-refractivity contribution is 5.96. The summed E-state index contributed by atoms with van der Waals surface area (Å²) in [6.07, 6.45) is 6.57. The molecule has 16 heavy (non-hydrogen) atoms. The Morgan fingerprint density at radius 2 is 2.38 bits per heavy atom. The minimum atomic E-state index is -0.172. The number of anilines is 1. The molecule has 1 aliphatic carbocycles. The van der Waals surface area contributed by atoms with Gasteiger partial charge in [-0.15, -0.1) is 0 Å². The van der Waals surface area contributed by atoms with E-state index in [1.54, 1.807) is 18.3 Å². The van der Waals surface area contributed by atoms with Gasteiger partial charge in [-0.05, 0) is 30.9 Å². The lowest BCUT2D eigenvalue weighted by Gasteiger charge is -2.05. The monoisotopic (exact) mass is 219 g/mol. The van der Waals surface area contributed by atoms with Crippen molar-refractivity contribution < 1.29 is 4.79 Å². The van der Waals surface area contributed by atoms with Gasteiger partial charge in [0.25, 0.3) is 5.91 Å². The molecule has 0 aliphatic heterocycles. The molecule has 86 valence electrons. The molecule has 3 N–H and O–H groups in total. The van der Waals surface area contributed by atoms with E-state index in [0.717, 1.165) is 12.3 Å². The zero-order valence-corrected chi connectivity index (χ0v) is 9.28. The topological polar surface area (TPSA) is 68.0 Å². The second-order valence-corrected chi connectivity index (χ2v) is 4.28. The summed E-state index contributed by atoms with van der Waals surface area (Å²) < 4.78 is 0. The molecule has 0 aromatic carbocycles. The average molecular weight is 219 g/mol. The van der Waals surface area contributed by atoms with E-state index >= 15 is 0 Å². The molecule has 1 amide bonds. The molecule has 1 fully saturated rings. The highest BCUT2D eigenvalue weighted by Crippen LogP contribution is 2.33. The highest BCUT2D eigenvalue weighted by atomic mass is 16.1. The second-order valence-electron chi connectivity index (χ2n) is 4.28. The van der Waals surface area contributed by atoms with Crippen molar-refractivity contribution in [2.45, 2.75) is 25.7 Å². The summed E-state index contributed by atoms with van der Waals surface area (Å²) in [5.74, 6) is 0.741. The minimum Gasteiger partial charge on any atom is -0.397 e. The Bertz CT molecular complexity index is 374. The van der Waals surface area contributed by atoms with Crippen LogP contribution < -0.4 is 11.1 Å². The lowest BCUT2D eigenvalue weighted by molar-refractivity contribution is 0.0949. The molecule has 2 rings (SSSR count). The molecule has 0 saturated heterocycles. The number of nitrogens with zero attached hydrogens (tertiary/aromatic N) is 1. The van der Waals surface area contributed by atoms with Gasteiger partial charge in [-0.2, -0.15) is 0 Å². The van der Waals surface area contributed by atoms with Crippen LogP contribution in [0.1, 0.15) is 36.2 Å². The molecule has 1 aliphatic rings. The van der Waals surface area contributed by atoms with Crippen LogP contribution in [0.4, 0.5) is 5.69 Å². The third-order valence-electron chi connectivity index (χ3n) is 2.83. The quantitative estimate of drug-likeness (QED) is 0.739. The van der Waals surface area contributed by atoms with Crippen molar-refractivity contribution in [3.63, 3.8) is 0 Å². The number of nitrogens with one attached hydrogen (secondary N) is 1. The number of rotatable bonds is 5. The van der Waals surface area contributed by atoms with Gasteiger partial charge in [-0.3, -0.25) is 4.79 Å². The maximum absolute atomic E-state index is 11.7. The molecular formula is C12H17N3O. The zero-order chi connectivity index (χ0) is 11.4. The molecule has 0 spiro atoms.